The number of benzene rings is 1. The van der Waals surface area contributed by atoms with Crippen LogP contribution in [0.1, 0.15) is 25.5 Å². The molecule has 0 bridgehead atoms. The molecule has 0 amide bonds. The van der Waals surface area contributed by atoms with Gasteiger partial charge in [-0.2, -0.15) is 0 Å². The van der Waals surface area contributed by atoms with Crippen molar-refractivity contribution in [1.82, 2.24) is 5.32 Å². The van der Waals surface area contributed by atoms with E-state index in [0.29, 0.717) is 23.2 Å². The summed E-state index contributed by atoms with van der Waals surface area (Å²) in [5.74, 6) is -0.472. The van der Waals surface area contributed by atoms with Gasteiger partial charge in [0.05, 0.1) is 11.1 Å². The summed E-state index contributed by atoms with van der Waals surface area (Å²) in [5, 5.41) is 3.07. The molecule has 6 heteroatoms. The molecule has 1 aromatic rings. The molecule has 0 aliphatic carbocycles. The lowest BCUT2D eigenvalue weighted by Crippen LogP contribution is -2.34. The first kappa shape index (κ1) is 16.9. The van der Waals surface area contributed by atoms with Crippen LogP contribution in [0.15, 0.2) is 16.6 Å². The number of hydrogen-bond acceptors (Lipinski definition) is 3. The second-order valence-electron chi connectivity index (χ2n) is 3.81. The van der Waals surface area contributed by atoms with Crippen molar-refractivity contribution >= 4 is 27.5 Å². The van der Waals surface area contributed by atoms with Crippen molar-refractivity contribution in [2.24, 2.45) is 0 Å². The van der Waals surface area contributed by atoms with Crippen LogP contribution in [0.4, 0.5) is 4.39 Å². The third-order valence-corrected chi connectivity index (χ3v) is 3.90. The fraction of sp³-hybridized carbons (Fsp3) is 0.538. The average molecular weight is 355 g/mol. The Bertz CT molecular complexity index is 414. The molecule has 1 rings (SSSR count). The monoisotopic (exact) mass is 353 g/mol. The third kappa shape index (κ3) is 4.13. The van der Waals surface area contributed by atoms with Crippen LogP contribution in [0, 0.1) is 5.82 Å². The van der Waals surface area contributed by atoms with Crippen molar-refractivity contribution in [3.8, 4) is 0 Å². The standard InChI is InChI=1S/C13H18BrClFNO2/c1-4-18-13(19-5-2)12(17-3)8-6-7-9(14)10(15)11(8)16/h6-7,12-13,17H,4-5H2,1-3H3. The highest BCUT2D eigenvalue weighted by atomic mass is 79.9. The Kier molecular flexibility index (Phi) is 7.25. The summed E-state index contributed by atoms with van der Waals surface area (Å²) in [7, 11) is 1.73. The molecule has 1 unspecified atom stereocenters. The fourth-order valence-electron chi connectivity index (χ4n) is 1.79. The second-order valence-corrected chi connectivity index (χ2v) is 5.04. The van der Waals surface area contributed by atoms with Crippen LogP contribution in [0.5, 0.6) is 0 Å². The van der Waals surface area contributed by atoms with Crippen molar-refractivity contribution in [2.45, 2.75) is 26.2 Å². The molecule has 1 aromatic carbocycles. The predicted molar refractivity (Wildman–Crippen MR) is 78.0 cm³/mol. The predicted octanol–water partition coefficient (Wildman–Crippen LogP) is 3.90. The molecule has 19 heavy (non-hydrogen) atoms. The van der Waals surface area contributed by atoms with Gasteiger partial charge >= 0.3 is 0 Å². The number of likely N-dealkylation sites (N-methyl/N-ethyl adjacent to an activating group) is 1. The van der Waals surface area contributed by atoms with E-state index in [-0.39, 0.29) is 5.02 Å². The van der Waals surface area contributed by atoms with Gasteiger partial charge in [0.25, 0.3) is 0 Å². The van der Waals surface area contributed by atoms with E-state index in [4.69, 9.17) is 21.1 Å². The van der Waals surface area contributed by atoms with Gasteiger partial charge in [-0.05, 0) is 42.9 Å². The Morgan fingerprint density at radius 2 is 1.89 bits per heavy atom. The molecule has 0 spiro atoms. The minimum Gasteiger partial charge on any atom is -0.351 e. The summed E-state index contributed by atoms with van der Waals surface area (Å²) in [6, 6.07) is 2.95. The number of hydrogen-bond donors (Lipinski definition) is 1. The zero-order chi connectivity index (χ0) is 14.4. The van der Waals surface area contributed by atoms with Gasteiger partial charge in [0.2, 0.25) is 0 Å². The van der Waals surface area contributed by atoms with E-state index in [1.807, 2.05) is 13.8 Å². The summed E-state index contributed by atoms with van der Waals surface area (Å²) in [5.41, 5.74) is 0.419. The number of rotatable bonds is 7. The number of halogens is 3. The van der Waals surface area contributed by atoms with Gasteiger partial charge in [-0.25, -0.2) is 4.39 Å². The molecule has 0 aliphatic rings. The van der Waals surface area contributed by atoms with E-state index in [0.717, 1.165) is 0 Å². The molecule has 0 aliphatic heterocycles. The number of nitrogens with one attached hydrogen (secondary N) is 1. The van der Waals surface area contributed by atoms with Crippen molar-refractivity contribution < 1.29 is 13.9 Å². The highest BCUT2D eigenvalue weighted by Crippen LogP contribution is 2.32. The molecule has 0 fully saturated rings. The van der Waals surface area contributed by atoms with Crippen molar-refractivity contribution in [3.05, 3.63) is 33.0 Å². The molecule has 0 heterocycles. The first-order chi connectivity index (χ1) is 9.06. The first-order valence-corrected chi connectivity index (χ1v) is 7.27. The highest BCUT2D eigenvalue weighted by molar-refractivity contribution is 9.10. The maximum absolute atomic E-state index is 14.2. The van der Waals surface area contributed by atoms with Crippen LogP contribution in [-0.4, -0.2) is 26.6 Å². The van der Waals surface area contributed by atoms with E-state index in [2.05, 4.69) is 21.2 Å². The topological polar surface area (TPSA) is 30.5 Å². The summed E-state index contributed by atoms with van der Waals surface area (Å²) in [6.45, 7) is 4.69. The van der Waals surface area contributed by atoms with Gasteiger partial charge < -0.3 is 14.8 Å². The maximum atomic E-state index is 14.2. The molecular weight excluding hydrogens is 337 g/mol. The molecular formula is C13H18BrClFNO2. The van der Waals surface area contributed by atoms with Crippen molar-refractivity contribution in [3.63, 3.8) is 0 Å². The Morgan fingerprint density at radius 3 is 2.37 bits per heavy atom. The van der Waals surface area contributed by atoms with E-state index >= 15 is 0 Å². The molecule has 0 aromatic heterocycles. The lowest BCUT2D eigenvalue weighted by atomic mass is 10.1. The van der Waals surface area contributed by atoms with Gasteiger partial charge in [0.1, 0.15) is 5.82 Å². The average Bonchev–Trinajstić information content (AvgIpc) is 2.40. The van der Waals surface area contributed by atoms with Crippen LogP contribution in [0.2, 0.25) is 5.02 Å². The van der Waals surface area contributed by atoms with Gasteiger partial charge in [-0.3, -0.25) is 0 Å². The Morgan fingerprint density at radius 1 is 1.32 bits per heavy atom. The summed E-state index contributed by atoms with van der Waals surface area (Å²) >= 11 is 9.11. The number of ether oxygens (including phenoxy) is 2. The largest absolute Gasteiger partial charge is 0.351 e. The Balaban J connectivity index is 3.10. The van der Waals surface area contributed by atoms with Crippen molar-refractivity contribution in [2.75, 3.05) is 20.3 Å². The minimum atomic E-state index is -0.563. The smallest absolute Gasteiger partial charge is 0.176 e. The normalized spacial score (nSPS) is 13.0. The lowest BCUT2D eigenvalue weighted by Gasteiger charge is -2.27. The van der Waals surface area contributed by atoms with Crippen LogP contribution < -0.4 is 5.32 Å². The molecule has 108 valence electrons. The minimum absolute atomic E-state index is 0.0597. The molecule has 0 saturated heterocycles. The molecule has 3 nitrogen and oxygen atoms in total. The van der Waals surface area contributed by atoms with E-state index in [1.54, 1.807) is 19.2 Å². The summed E-state index contributed by atoms with van der Waals surface area (Å²) < 4.78 is 25.8. The van der Waals surface area contributed by atoms with Gasteiger partial charge in [0, 0.05) is 23.2 Å². The summed E-state index contributed by atoms with van der Waals surface area (Å²) in [6.07, 6.45) is -0.563. The SMILES string of the molecule is CCOC(OCC)C(NC)c1ccc(Br)c(Cl)c1F. The second kappa shape index (κ2) is 8.17. The molecule has 0 saturated carbocycles. The van der Waals surface area contributed by atoms with Gasteiger partial charge in [0.15, 0.2) is 6.29 Å². The molecule has 1 N–H and O–H groups in total. The zero-order valence-corrected chi connectivity index (χ0v) is 13.5. The van der Waals surface area contributed by atoms with Crippen molar-refractivity contribution in [1.29, 1.82) is 0 Å². The first-order valence-electron chi connectivity index (χ1n) is 6.10. The van der Waals surface area contributed by atoms with Crippen LogP contribution in [0.25, 0.3) is 0 Å². The van der Waals surface area contributed by atoms with Crippen LogP contribution in [0.3, 0.4) is 0 Å². The summed E-state index contributed by atoms with van der Waals surface area (Å²) in [4.78, 5) is 0. The van der Waals surface area contributed by atoms with E-state index in [9.17, 15) is 4.39 Å². The van der Waals surface area contributed by atoms with E-state index < -0.39 is 18.1 Å². The third-order valence-electron chi connectivity index (χ3n) is 2.65. The van der Waals surface area contributed by atoms with Crippen LogP contribution in [-0.2, 0) is 9.47 Å². The van der Waals surface area contributed by atoms with Crippen LogP contribution >= 0.6 is 27.5 Å². The maximum Gasteiger partial charge on any atom is 0.176 e. The quantitative estimate of drug-likeness (QED) is 0.595. The molecule has 0 radical (unpaired) electrons. The Hall–Kier alpha value is -0.200. The Labute approximate surface area is 126 Å². The molecule has 1 atom stereocenters. The zero-order valence-electron chi connectivity index (χ0n) is 11.2. The van der Waals surface area contributed by atoms with Gasteiger partial charge in [-0.15, -0.1) is 0 Å². The van der Waals surface area contributed by atoms with E-state index in [1.165, 1.54) is 0 Å². The lowest BCUT2D eigenvalue weighted by molar-refractivity contribution is -0.154. The van der Waals surface area contributed by atoms with Gasteiger partial charge in [-0.1, -0.05) is 17.7 Å². The highest BCUT2D eigenvalue weighted by Gasteiger charge is 2.26. The fourth-order valence-corrected chi connectivity index (χ4v) is 2.27.